The Hall–Kier alpha value is -1.09. The van der Waals surface area contributed by atoms with Gasteiger partial charge in [0.1, 0.15) is 11.6 Å². The molecule has 0 saturated heterocycles. The normalized spacial score (nSPS) is 18.3. The fourth-order valence-corrected chi connectivity index (χ4v) is 2.88. The van der Waals surface area contributed by atoms with E-state index >= 15 is 0 Å². The molecule has 0 amide bonds. The Morgan fingerprint density at radius 3 is 2.82 bits per heavy atom. The molecule has 0 spiro atoms. The van der Waals surface area contributed by atoms with E-state index in [0.717, 1.165) is 29.7 Å². The summed E-state index contributed by atoms with van der Waals surface area (Å²) in [5.41, 5.74) is 1.75. The Morgan fingerprint density at radius 1 is 1.47 bits per heavy atom. The summed E-state index contributed by atoms with van der Waals surface area (Å²) in [6.07, 6.45) is 3.44. The Balaban J connectivity index is 2.29. The lowest BCUT2D eigenvalue weighted by molar-refractivity contribution is 0.170. The molecule has 1 saturated carbocycles. The molecule has 1 aromatic heterocycles. The van der Waals surface area contributed by atoms with Crippen molar-refractivity contribution in [1.29, 1.82) is 0 Å². The van der Waals surface area contributed by atoms with Crippen molar-refractivity contribution in [3.05, 3.63) is 29.8 Å². The second kappa shape index (κ2) is 3.70. The Labute approximate surface area is 104 Å². The van der Waals surface area contributed by atoms with Crippen LogP contribution in [-0.4, -0.2) is 9.55 Å². The summed E-state index contributed by atoms with van der Waals surface area (Å²) in [7, 11) is 0. The first-order valence-electron chi connectivity index (χ1n) is 5.87. The largest absolute Gasteiger partial charge is 0.321 e. The molecule has 2 aromatic rings. The zero-order valence-electron chi connectivity index (χ0n) is 9.71. The number of rotatable bonds is 2. The highest BCUT2D eigenvalue weighted by Gasteiger charge is 2.36. The second-order valence-corrected chi connectivity index (χ2v) is 5.25. The van der Waals surface area contributed by atoms with Crippen LogP contribution in [0.3, 0.4) is 0 Å². The second-order valence-electron chi connectivity index (χ2n) is 4.98. The molecule has 0 unspecified atom stereocenters. The van der Waals surface area contributed by atoms with Crippen LogP contribution >= 0.6 is 11.6 Å². The molecule has 1 aliphatic rings. The molecule has 1 aliphatic carbocycles. The molecule has 0 bridgehead atoms. The molecular weight excluding hydrogens is 239 g/mol. The van der Waals surface area contributed by atoms with E-state index in [1.807, 2.05) is 0 Å². The van der Waals surface area contributed by atoms with Crippen molar-refractivity contribution in [1.82, 2.24) is 9.55 Å². The molecule has 1 heterocycles. The first-order chi connectivity index (χ1) is 8.14. The quantitative estimate of drug-likeness (QED) is 0.743. The molecule has 0 N–H and O–H groups in total. The zero-order chi connectivity index (χ0) is 12.0. The van der Waals surface area contributed by atoms with Crippen LogP contribution in [0, 0.1) is 5.82 Å². The van der Waals surface area contributed by atoms with Crippen LogP contribution in [0.1, 0.15) is 32.0 Å². The third-order valence-electron chi connectivity index (χ3n) is 3.78. The van der Waals surface area contributed by atoms with Gasteiger partial charge in [-0.15, -0.1) is 11.6 Å². The number of aromatic nitrogens is 2. The molecule has 90 valence electrons. The predicted molar refractivity (Wildman–Crippen MR) is 66.7 cm³/mol. The van der Waals surface area contributed by atoms with Crippen LogP contribution in [0.25, 0.3) is 11.0 Å². The molecule has 1 fully saturated rings. The smallest absolute Gasteiger partial charge is 0.125 e. The summed E-state index contributed by atoms with van der Waals surface area (Å²) in [5.74, 6) is 0.989. The number of halogens is 2. The van der Waals surface area contributed by atoms with E-state index in [2.05, 4.69) is 16.5 Å². The fourth-order valence-electron chi connectivity index (χ4n) is 2.70. The third kappa shape index (κ3) is 1.56. The number of benzene rings is 1. The topological polar surface area (TPSA) is 17.8 Å². The van der Waals surface area contributed by atoms with Crippen LogP contribution in [-0.2, 0) is 11.4 Å². The van der Waals surface area contributed by atoms with Gasteiger partial charge in [0.05, 0.1) is 16.9 Å². The highest BCUT2D eigenvalue weighted by molar-refractivity contribution is 6.16. The van der Waals surface area contributed by atoms with Crippen LogP contribution in [0.5, 0.6) is 0 Å². The van der Waals surface area contributed by atoms with E-state index < -0.39 is 0 Å². The first kappa shape index (κ1) is 11.0. The molecule has 4 heteroatoms. The van der Waals surface area contributed by atoms with E-state index in [-0.39, 0.29) is 11.4 Å². The summed E-state index contributed by atoms with van der Waals surface area (Å²) in [5, 5.41) is 0. The SMILES string of the molecule is CC1(n2c(CCl)nc3ccc(F)cc32)CCC1. The number of alkyl halides is 1. The maximum Gasteiger partial charge on any atom is 0.125 e. The molecule has 0 atom stereocenters. The van der Waals surface area contributed by atoms with Gasteiger partial charge in [0.25, 0.3) is 0 Å². The number of hydrogen-bond donors (Lipinski definition) is 0. The first-order valence-corrected chi connectivity index (χ1v) is 6.41. The van der Waals surface area contributed by atoms with E-state index in [1.54, 1.807) is 12.1 Å². The summed E-state index contributed by atoms with van der Waals surface area (Å²) < 4.78 is 15.5. The zero-order valence-corrected chi connectivity index (χ0v) is 10.5. The van der Waals surface area contributed by atoms with Crippen molar-refractivity contribution in [3.63, 3.8) is 0 Å². The van der Waals surface area contributed by atoms with Crippen molar-refractivity contribution >= 4 is 22.6 Å². The molecule has 0 radical (unpaired) electrons. The van der Waals surface area contributed by atoms with Gasteiger partial charge in [0.2, 0.25) is 0 Å². The standard InChI is InChI=1S/C13H14ClFN2/c1-13(5-2-6-13)17-11-7-9(15)3-4-10(11)16-12(17)8-14/h3-4,7H,2,5-6,8H2,1H3. The number of imidazole rings is 1. The van der Waals surface area contributed by atoms with Crippen molar-refractivity contribution < 1.29 is 4.39 Å². The highest BCUT2D eigenvalue weighted by Crippen LogP contribution is 2.41. The minimum atomic E-state index is -0.220. The van der Waals surface area contributed by atoms with Gasteiger partial charge in [-0.25, -0.2) is 9.37 Å². The third-order valence-corrected chi connectivity index (χ3v) is 4.02. The van der Waals surface area contributed by atoms with E-state index in [4.69, 9.17) is 11.6 Å². The predicted octanol–water partition coefficient (Wildman–Crippen LogP) is 3.81. The molecule has 3 rings (SSSR count). The van der Waals surface area contributed by atoms with Gasteiger partial charge in [-0.1, -0.05) is 0 Å². The van der Waals surface area contributed by atoms with Crippen LogP contribution < -0.4 is 0 Å². The maximum absolute atomic E-state index is 13.4. The average Bonchev–Trinajstić information content (AvgIpc) is 2.64. The van der Waals surface area contributed by atoms with E-state index in [0.29, 0.717) is 5.88 Å². The summed E-state index contributed by atoms with van der Waals surface area (Å²) in [6, 6.07) is 4.72. The van der Waals surface area contributed by atoms with Gasteiger partial charge in [-0.2, -0.15) is 0 Å². The highest BCUT2D eigenvalue weighted by atomic mass is 35.5. The summed E-state index contributed by atoms with van der Waals surface area (Å²) in [4.78, 5) is 4.48. The average molecular weight is 253 g/mol. The lowest BCUT2D eigenvalue weighted by Crippen LogP contribution is -2.38. The maximum atomic E-state index is 13.4. The van der Waals surface area contributed by atoms with Crippen LogP contribution in [0.15, 0.2) is 18.2 Å². The molecule has 0 aliphatic heterocycles. The Bertz CT molecular complexity index is 572. The Morgan fingerprint density at radius 2 is 2.24 bits per heavy atom. The molecular formula is C13H14ClFN2. The van der Waals surface area contributed by atoms with Crippen molar-refractivity contribution in [2.24, 2.45) is 0 Å². The minimum absolute atomic E-state index is 0.0623. The molecule has 17 heavy (non-hydrogen) atoms. The van der Waals surface area contributed by atoms with Gasteiger partial charge in [-0.05, 0) is 44.4 Å². The van der Waals surface area contributed by atoms with Gasteiger partial charge < -0.3 is 4.57 Å². The minimum Gasteiger partial charge on any atom is -0.321 e. The van der Waals surface area contributed by atoms with Gasteiger partial charge in [-0.3, -0.25) is 0 Å². The number of hydrogen-bond acceptors (Lipinski definition) is 1. The van der Waals surface area contributed by atoms with Crippen molar-refractivity contribution in [2.45, 2.75) is 37.6 Å². The van der Waals surface area contributed by atoms with E-state index in [9.17, 15) is 4.39 Å². The summed E-state index contributed by atoms with van der Waals surface area (Å²) in [6.45, 7) is 2.19. The van der Waals surface area contributed by atoms with Gasteiger partial charge >= 0.3 is 0 Å². The lowest BCUT2D eigenvalue weighted by atomic mass is 9.78. The van der Waals surface area contributed by atoms with Crippen LogP contribution in [0.2, 0.25) is 0 Å². The van der Waals surface area contributed by atoms with Gasteiger partial charge in [0.15, 0.2) is 0 Å². The van der Waals surface area contributed by atoms with Crippen LogP contribution in [0.4, 0.5) is 4.39 Å². The van der Waals surface area contributed by atoms with Crippen molar-refractivity contribution in [3.8, 4) is 0 Å². The van der Waals surface area contributed by atoms with Crippen molar-refractivity contribution in [2.75, 3.05) is 0 Å². The molecule has 2 nitrogen and oxygen atoms in total. The number of nitrogens with zero attached hydrogens (tertiary/aromatic N) is 2. The Kier molecular flexibility index (Phi) is 2.40. The number of fused-ring (bicyclic) bond motifs is 1. The summed E-state index contributed by atoms with van der Waals surface area (Å²) >= 11 is 5.95. The van der Waals surface area contributed by atoms with Gasteiger partial charge in [0, 0.05) is 5.54 Å². The molecule has 1 aromatic carbocycles. The lowest BCUT2D eigenvalue weighted by Gasteiger charge is -2.41. The van der Waals surface area contributed by atoms with E-state index in [1.165, 1.54) is 12.5 Å². The monoisotopic (exact) mass is 252 g/mol. The fraction of sp³-hybridized carbons (Fsp3) is 0.462.